The van der Waals surface area contributed by atoms with Crippen LogP contribution < -0.4 is 24.7 Å². The zero-order chi connectivity index (χ0) is 34.1. The van der Waals surface area contributed by atoms with Crippen LogP contribution in [0.1, 0.15) is 48.3 Å². The summed E-state index contributed by atoms with van der Waals surface area (Å²) in [7, 11) is -2.07. The number of nitrogens with zero attached hydrogens (tertiary/aromatic N) is 1. The molecule has 1 amide bonds. The molecule has 2 unspecified atom stereocenters. The minimum atomic E-state index is -5.34. The van der Waals surface area contributed by atoms with Crippen molar-refractivity contribution in [2.45, 2.75) is 43.2 Å². The number of fused-ring (bicyclic) bond motifs is 1. The molecule has 2 atom stereocenters. The highest BCUT2D eigenvalue weighted by Gasteiger charge is 2.57. The van der Waals surface area contributed by atoms with E-state index >= 15 is 0 Å². The molecule has 46 heavy (non-hydrogen) atoms. The van der Waals surface area contributed by atoms with Crippen LogP contribution in [0.3, 0.4) is 0 Å². The molecule has 0 aliphatic carbocycles. The number of pyridine rings is 1. The highest BCUT2D eigenvalue weighted by atomic mass is 32.3. The van der Waals surface area contributed by atoms with Gasteiger partial charge in [0.1, 0.15) is 23.9 Å². The standard InChI is InChI=1S/C31H37F4N3O7S/c1-29(2,3)46(36,42)16-20-15-45-27-22(20)14-25(38-26(27)18-5-8-21(32)9-6-18)30(41,31(33,34)35)17-37-28(40)19-7-10-23(44-12-11-39)24(13-19)43-4/h5-10,13-14,20,39,41,46H,11-12,15-17H2,1-4H3,(H2,36,42)(H,37,40). The summed E-state index contributed by atoms with van der Waals surface area (Å²) in [5.74, 6) is -1.99. The number of aromatic nitrogens is 1. The molecule has 0 bridgehead atoms. The molecule has 0 radical (unpaired) electrons. The van der Waals surface area contributed by atoms with Crippen LogP contribution in [0.25, 0.3) is 11.3 Å². The lowest BCUT2D eigenvalue weighted by molar-refractivity contribution is -0.265. The summed E-state index contributed by atoms with van der Waals surface area (Å²) in [6.07, 6.45) is -5.34. The Balaban J connectivity index is 1.76. The minimum Gasteiger partial charge on any atom is -0.493 e. The van der Waals surface area contributed by atoms with Crippen LogP contribution in [0, 0.1) is 5.82 Å². The minimum absolute atomic E-state index is 0.0564. The number of methoxy groups -OCH3 is 1. The number of hydrogen-bond donors (Lipinski definition) is 5. The molecule has 3 aromatic rings. The Hall–Kier alpha value is -3.79. The van der Waals surface area contributed by atoms with Crippen molar-refractivity contribution in [3.8, 4) is 28.5 Å². The largest absolute Gasteiger partial charge is 0.493 e. The second kappa shape index (κ2) is 13.1. The number of alkyl halides is 3. The maximum atomic E-state index is 14.8. The normalized spacial score (nSPS) is 16.6. The Labute approximate surface area is 264 Å². The van der Waals surface area contributed by atoms with Gasteiger partial charge in [0.2, 0.25) is 5.60 Å². The summed E-state index contributed by atoms with van der Waals surface area (Å²) in [6.45, 7) is 3.36. The van der Waals surface area contributed by atoms with Crippen LogP contribution in [0.5, 0.6) is 17.2 Å². The number of carbonyl (C=O) groups is 1. The third-order valence-corrected chi connectivity index (χ3v) is 11.0. The SMILES string of the molecule is COc1cc(C(=O)NCC(O)(c2cc3c(c(-c4ccc(F)cc4)n2)OCC3C[SH](N)(=O)C(C)(C)C)C(F)(F)F)ccc1OCCO. The number of nitrogens with two attached hydrogens (primary N) is 1. The fourth-order valence-electron chi connectivity index (χ4n) is 4.78. The van der Waals surface area contributed by atoms with Gasteiger partial charge in [-0.15, -0.1) is 0 Å². The van der Waals surface area contributed by atoms with Crippen LogP contribution >= 0.6 is 0 Å². The number of halogens is 4. The first-order valence-electron chi connectivity index (χ1n) is 14.2. The molecule has 0 saturated carbocycles. The summed E-state index contributed by atoms with van der Waals surface area (Å²) in [5.41, 5.74) is -4.37. The molecule has 1 aliphatic rings. The second-order valence-corrected chi connectivity index (χ2v) is 15.2. The van der Waals surface area contributed by atoms with Gasteiger partial charge in [-0.25, -0.2) is 9.37 Å². The number of thiol groups is 1. The Morgan fingerprint density at radius 1 is 1.13 bits per heavy atom. The quantitative estimate of drug-likeness (QED) is 0.153. The molecule has 0 fully saturated rings. The van der Waals surface area contributed by atoms with Gasteiger partial charge in [-0.2, -0.15) is 13.2 Å². The number of rotatable bonds is 11. The number of aliphatic hydroxyl groups is 2. The topological polar surface area (TPSA) is 153 Å². The van der Waals surface area contributed by atoms with Crippen molar-refractivity contribution >= 4 is 16.0 Å². The molecule has 2 aromatic carbocycles. The number of benzene rings is 2. The lowest BCUT2D eigenvalue weighted by Gasteiger charge is -2.35. The van der Waals surface area contributed by atoms with Crippen molar-refractivity contribution in [2.24, 2.45) is 5.14 Å². The number of ether oxygens (including phenoxy) is 3. The van der Waals surface area contributed by atoms with E-state index in [2.05, 4.69) is 10.3 Å². The van der Waals surface area contributed by atoms with Crippen molar-refractivity contribution in [2.75, 3.05) is 39.2 Å². The number of amides is 1. The molecule has 252 valence electrons. The van der Waals surface area contributed by atoms with E-state index in [9.17, 15) is 31.7 Å². The molecule has 0 saturated heterocycles. The van der Waals surface area contributed by atoms with E-state index < -0.39 is 56.5 Å². The molecule has 4 rings (SSSR count). The fourth-order valence-corrected chi connectivity index (χ4v) is 6.28. The van der Waals surface area contributed by atoms with Gasteiger partial charge in [-0.3, -0.25) is 14.1 Å². The fraction of sp³-hybridized carbons (Fsp3) is 0.419. The first kappa shape index (κ1) is 35.1. The molecule has 2 heterocycles. The molecular formula is C31H37F4N3O7S. The van der Waals surface area contributed by atoms with Crippen LogP contribution in [-0.2, 0) is 15.7 Å². The Morgan fingerprint density at radius 3 is 2.39 bits per heavy atom. The summed E-state index contributed by atoms with van der Waals surface area (Å²) >= 11 is 0. The van der Waals surface area contributed by atoms with Crippen molar-refractivity contribution < 1.29 is 51.0 Å². The van der Waals surface area contributed by atoms with Gasteiger partial charge in [-0.1, -0.05) is 10.1 Å². The van der Waals surface area contributed by atoms with Gasteiger partial charge >= 0.3 is 6.18 Å². The number of hydrogen-bond acceptors (Lipinski definition) is 8. The van der Waals surface area contributed by atoms with Crippen molar-refractivity contribution in [3.05, 3.63) is 71.2 Å². The average molecular weight is 672 g/mol. The van der Waals surface area contributed by atoms with Gasteiger partial charge in [0.05, 0.1) is 32.6 Å². The zero-order valence-corrected chi connectivity index (χ0v) is 26.5. The van der Waals surface area contributed by atoms with E-state index in [0.29, 0.717) is 0 Å². The third-order valence-electron chi connectivity index (χ3n) is 7.79. The molecular weight excluding hydrogens is 634 g/mol. The van der Waals surface area contributed by atoms with Crippen molar-refractivity contribution in [3.63, 3.8) is 0 Å². The van der Waals surface area contributed by atoms with Crippen molar-refractivity contribution in [1.82, 2.24) is 10.3 Å². The molecule has 0 spiro atoms. The summed E-state index contributed by atoms with van der Waals surface area (Å²) in [4.78, 5) is 17.2. The first-order valence-corrected chi connectivity index (χ1v) is 16.2. The van der Waals surface area contributed by atoms with Crippen molar-refractivity contribution in [1.29, 1.82) is 0 Å². The predicted octanol–water partition coefficient (Wildman–Crippen LogP) is 3.61. The summed E-state index contributed by atoms with van der Waals surface area (Å²) in [6, 6.07) is 9.69. The summed E-state index contributed by atoms with van der Waals surface area (Å²) in [5, 5.41) is 28.6. The average Bonchev–Trinajstić information content (AvgIpc) is 3.39. The summed E-state index contributed by atoms with van der Waals surface area (Å²) < 4.78 is 87.0. The highest BCUT2D eigenvalue weighted by Crippen LogP contribution is 2.46. The van der Waals surface area contributed by atoms with E-state index in [4.69, 9.17) is 24.5 Å². The highest BCUT2D eigenvalue weighted by molar-refractivity contribution is 8.02. The first-order chi connectivity index (χ1) is 21.4. The lowest BCUT2D eigenvalue weighted by Crippen LogP contribution is -2.51. The lowest BCUT2D eigenvalue weighted by atomic mass is 9.92. The van der Waals surface area contributed by atoms with Gasteiger partial charge in [-0.05, 0) is 69.3 Å². The van der Waals surface area contributed by atoms with E-state index in [1.165, 1.54) is 37.4 Å². The van der Waals surface area contributed by atoms with Crippen LogP contribution in [0.15, 0.2) is 48.5 Å². The van der Waals surface area contributed by atoms with Crippen LogP contribution in [0.4, 0.5) is 17.6 Å². The van der Waals surface area contributed by atoms with E-state index in [-0.39, 0.29) is 65.2 Å². The van der Waals surface area contributed by atoms with Gasteiger partial charge in [0, 0.05) is 33.1 Å². The van der Waals surface area contributed by atoms with Crippen LogP contribution in [-0.4, -0.2) is 75.5 Å². The Morgan fingerprint density at radius 2 is 1.80 bits per heavy atom. The number of nitrogens with one attached hydrogen (secondary N) is 1. The van der Waals surface area contributed by atoms with E-state index in [1.807, 2.05) is 0 Å². The van der Waals surface area contributed by atoms with Gasteiger partial charge < -0.3 is 29.7 Å². The number of aliphatic hydroxyl groups excluding tert-OH is 1. The third kappa shape index (κ3) is 7.12. The zero-order valence-electron chi connectivity index (χ0n) is 25.7. The Kier molecular flexibility index (Phi) is 10.0. The van der Waals surface area contributed by atoms with Gasteiger partial charge in [0.15, 0.2) is 11.5 Å². The molecule has 1 aromatic heterocycles. The monoisotopic (exact) mass is 671 g/mol. The van der Waals surface area contributed by atoms with Gasteiger partial charge in [0.25, 0.3) is 5.91 Å². The molecule has 5 N–H and O–H groups in total. The smallest absolute Gasteiger partial charge is 0.424 e. The predicted molar refractivity (Wildman–Crippen MR) is 164 cm³/mol. The second-order valence-electron chi connectivity index (χ2n) is 11.9. The number of carbonyl (C=O) groups excluding carboxylic acids is 1. The molecule has 1 aliphatic heterocycles. The maximum absolute atomic E-state index is 14.8. The van der Waals surface area contributed by atoms with E-state index in [1.54, 1.807) is 20.8 Å². The Bertz CT molecular complexity index is 1630. The van der Waals surface area contributed by atoms with Crippen LogP contribution in [0.2, 0.25) is 0 Å². The molecule has 10 nitrogen and oxygen atoms in total. The molecule has 15 heteroatoms. The maximum Gasteiger partial charge on any atom is 0.424 e. The van der Waals surface area contributed by atoms with E-state index in [0.717, 1.165) is 18.2 Å².